The quantitative estimate of drug-likeness (QED) is 0.648. The number of aliphatic hydroxyl groups excluding tert-OH is 1. The molecule has 0 aromatic rings. The number of aliphatic hydroxyl groups is 1. The molecule has 0 saturated carbocycles. The third-order valence-electron chi connectivity index (χ3n) is 1.75. The zero-order valence-corrected chi connectivity index (χ0v) is 9.09. The minimum atomic E-state index is -0.149. The van der Waals surface area contributed by atoms with Crippen molar-refractivity contribution in [3.63, 3.8) is 0 Å². The van der Waals surface area contributed by atoms with E-state index in [0.29, 0.717) is 5.92 Å². The highest BCUT2D eigenvalue weighted by molar-refractivity contribution is 4.58. The molecule has 0 radical (unpaired) electrons. The summed E-state index contributed by atoms with van der Waals surface area (Å²) in [6, 6.07) is 0. The van der Waals surface area contributed by atoms with E-state index in [4.69, 9.17) is 0 Å². The summed E-state index contributed by atoms with van der Waals surface area (Å²) in [5, 5.41) is 11.7. The summed E-state index contributed by atoms with van der Waals surface area (Å²) in [5.41, 5.74) is 0.234. The fraction of sp³-hybridized carbons (Fsp3) is 1.00. The van der Waals surface area contributed by atoms with E-state index in [1.165, 1.54) is 0 Å². The molecule has 0 fully saturated rings. The highest BCUT2D eigenvalue weighted by Gasteiger charge is 2.16. The average Bonchev–Trinajstić information content (AvgIpc) is 1.80. The highest BCUT2D eigenvalue weighted by Crippen LogP contribution is 2.02. The normalized spacial score (nSPS) is 15.2. The largest absolute Gasteiger partial charge is 0.387 e. The van der Waals surface area contributed by atoms with E-state index in [-0.39, 0.29) is 11.6 Å². The van der Waals surface area contributed by atoms with Crippen LogP contribution in [0.4, 0.5) is 0 Å². The van der Waals surface area contributed by atoms with Gasteiger partial charge in [0.2, 0.25) is 0 Å². The van der Waals surface area contributed by atoms with Crippen molar-refractivity contribution >= 4 is 0 Å². The van der Waals surface area contributed by atoms with Gasteiger partial charge in [0.1, 0.15) is 12.6 Å². The van der Waals surface area contributed by atoms with Crippen LogP contribution in [-0.2, 0) is 0 Å². The molecule has 74 valence electrons. The number of quaternary nitrogens is 1. The van der Waals surface area contributed by atoms with Crippen LogP contribution in [0.15, 0.2) is 0 Å². The molecular formula is C10H24NO+. The summed E-state index contributed by atoms with van der Waals surface area (Å²) in [5.74, 6) is 0.591. The Morgan fingerprint density at radius 3 is 2.08 bits per heavy atom. The number of hydrogen-bond donors (Lipinski definition) is 2. The fourth-order valence-electron chi connectivity index (χ4n) is 1.13. The zero-order chi connectivity index (χ0) is 9.78. The van der Waals surface area contributed by atoms with Gasteiger partial charge in [0.25, 0.3) is 0 Å². The molecular weight excluding hydrogens is 150 g/mol. The van der Waals surface area contributed by atoms with Gasteiger partial charge in [0, 0.05) is 0 Å². The van der Waals surface area contributed by atoms with Gasteiger partial charge >= 0.3 is 0 Å². The summed E-state index contributed by atoms with van der Waals surface area (Å²) in [4.78, 5) is 0. The SMILES string of the molecule is CC(C)C[C@H](O)C[NH2+]C(C)(C)C. The third kappa shape index (κ3) is 8.02. The van der Waals surface area contributed by atoms with Gasteiger partial charge in [-0.3, -0.25) is 0 Å². The first-order valence-electron chi connectivity index (χ1n) is 4.83. The fourth-order valence-corrected chi connectivity index (χ4v) is 1.13. The molecule has 0 aromatic carbocycles. The molecule has 0 aromatic heterocycles. The van der Waals surface area contributed by atoms with E-state index in [0.717, 1.165) is 13.0 Å². The summed E-state index contributed by atoms with van der Waals surface area (Å²) < 4.78 is 0. The maximum atomic E-state index is 9.55. The van der Waals surface area contributed by atoms with Gasteiger partial charge in [-0.25, -0.2) is 0 Å². The first kappa shape index (κ1) is 11.9. The molecule has 0 heterocycles. The van der Waals surface area contributed by atoms with Crippen molar-refractivity contribution in [2.45, 2.75) is 52.7 Å². The highest BCUT2D eigenvalue weighted by atomic mass is 16.3. The van der Waals surface area contributed by atoms with Gasteiger partial charge in [0.05, 0.1) is 5.54 Å². The first-order valence-corrected chi connectivity index (χ1v) is 4.83. The predicted molar refractivity (Wildman–Crippen MR) is 52.0 cm³/mol. The van der Waals surface area contributed by atoms with Crippen LogP contribution in [0.25, 0.3) is 0 Å². The minimum absolute atomic E-state index is 0.149. The van der Waals surface area contributed by atoms with Gasteiger partial charge in [-0.15, -0.1) is 0 Å². The zero-order valence-electron chi connectivity index (χ0n) is 9.09. The standard InChI is InChI=1S/C10H23NO/c1-8(2)6-9(12)7-11-10(3,4)5/h8-9,11-12H,6-7H2,1-5H3/p+1/t9-/m0/s1. The Morgan fingerprint density at radius 2 is 1.75 bits per heavy atom. The molecule has 0 aliphatic heterocycles. The van der Waals surface area contributed by atoms with E-state index >= 15 is 0 Å². The molecule has 0 amide bonds. The molecule has 2 heteroatoms. The lowest BCUT2D eigenvalue weighted by molar-refractivity contribution is -0.722. The molecule has 0 aliphatic rings. The Bertz CT molecular complexity index is 115. The van der Waals surface area contributed by atoms with Gasteiger partial charge in [-0.1, -0.05) is 13.8 Å². The Morgan fingerprint density at radius 1 is 1.25 bits per heavy atom. The van der Waals surface area contributed by atoms with Crippen molar-refractivity contribution in [2.24, 2.45) is 5.92 Å². The molecule has 0 aliphatic carbocycles. The number of nitrogens with two attached hydrogens (primary N) is 1. The Kier molecular flexibility index (Phi) is 4.80. The molecule has 0 rings (SSSR count). The van der Waals surface area contributed by atoms with Gasteiger partial charge < -0.3 is 10.4 Å². The maximum absolute atomic E-state index is 9.55. The monoisotopic (exact) mass is 174 g/mol. The molecule has 1 atom stereocenters. The third-order valence-corrected chi connectivity index (χ3v) is 1.75. The van der Waals surface area contributed by atoms with E-state index in [2.05, 4.69) is 39.9 Å². The van der Waals surface area contributed by atoms with Crippen molar-refractivity contribution in [3.05, 3.63) is 0 Å². The molecule has 2 nitrogen and oxygen atoms in total. The molecule has 0 unspecified atom stereocenters. The molecule has 0 bridgehead atoms. The van der Waals surface area contributed by atoms with Crippen LogP contribution in [0.2, 0.25) is 0 Å². The number of rotatable bonds is 4. The van der Waals surface area contributed by atoms with Crippen molar-refractivity contribution in [1.82, 2.24) is 0 Å². The minimum Gasteiger partial charge on any atom is -0.387 e. The van der Waals surface area contributed by atoms with Gasteiger partial charge in [-0.2, -0.15) is 0 Å². The van der Waals surface area contributed by atoms with E-state index in [1.807, 2.05) is 0 Å². The van der Waals surface area contributed by atoms with Gasteiger partial charge in [-0.05, 0) is 33.1 Å². The van der Waals surface area contributed by atoms with E-state index in [9.17, 15) is 5.11 Å². The maximum Gasteiger partial charge on any atom is 0.103 e. The van der Waals surface area contributed by atoms with E-state index in [1.54, 1.807) is 0 Å². The van der Waals surface area contributed by atoms with Crippen LogP contribution in [0.3, 0.4) is 0 Å². The summed E-state index contributed by atoms with van der Waals surface area (Å²) >= 11 is 0. The lowest BCUT2D eigenvalue weighted by Crippen LogP contribution is -2.95. The second-order valence-corrected chi connectivity index (χ2v) is 5.09. The molecule has 12 heavy (non-hydrogen) atoms. The van der Waals surface area contributed by atoms with Crippen LogP contribution in [0, 0.1) is 5.92 Å². The van der Waals surface area contributed by atoms with Crippen molar-refractivity contribution in [1.29, 1.82) is 0 Å². The Hall–Kier alpha value is -0.0800. The van der Waals surface area contributed by atoms with E-state index < -0.39 is 0 Å². The summed E-state index contributed by atoms with van der Waals surface area (Å²) in [7, 11) is 0. The smallest absolute Gasteiger partial charge is 0.103 e. The second-order valence-electron chi connectivity index (χ2n) is 5.09. The Balaban J connectivity index is 3.51. The van der Waals surface area contributed by atoms with Gasteiger partial charge in [0.15, 0.2) is 0 Å². The Labute approximate surface area is 76.4 Å². The second kappa shape index (κ2) is 4.83. The van der Waals surface area contributed by atoms with Crippen molar-refractivity contribution in [2.75, 3.05) is 6.54 Å². The van der Waals surface area contributed by atoms with Crippen LogP contribution in [0.5, 0.6) is 0 Å². The first-order chi connectivity index (χ1) is 5.31. The molecule has 3 N–H and O–H groups in total. The van der Waals surface area contributed by atoms with Crippen molar-refractivity contribution in [3.8, 4) is 0 Å². The molecule has 0 spiro atoms. The lowest BCUT2D eigenvalue weighted by Gasteiger charge is -2.20. The summed E-state index contributed by atoms with van der Waals surface area (Å²) in [6.45, 7) is 11.6. The van der Waals surface area contributed by atoms with Crippen LogP contribution in [0.1, 0.15) is 41.0 Å². The topological polar surface area (TPSA) is 36.8 Å². The number of hydrogen-bond acceptors (Lipinski definition) is 1. The summed E-state index contributed by atoms with van der Waals surface area (Å²) in [6.07, 6.45) is 0.760. The predicted octanol–water partition coefficient (Wildman–Crippen LogP) is 0.755. The lowest BCUT2D eigenvalue weighted by atomic mass is 10.0. The van der Waals surface area contributed by atoms with Crippen LogP contribution in [-0.4, -0.2) is 23.3 Å². The van der Waals surface area contributed by atoms with Crippen molar-refractivity contribution < 1.29 is 10.4 Å². The van der Waals surface area contributed by atoms with Crippen LogP contribution >= 0.6 is 0 Å². The average molecular weight is 174 g/mol. The molecule has 0 saturated heterocycles. The van der Waals surface area contributed by atoms with Crippen LogP contribution < -0.4 is 5.32 Å².